The van der Waals surface area contributed by atoms with E-state index in [0.717, 1.165) is 18.7 Å². The molecule has 1 N–H and O–H groups in total. The Balaban J connectivity index is 1.71. The van der Waals surface area contributed by atoms with Crippen LogP contribution in [0.1, 0.15) is 45.4 Å². The lowest BCUT2D eigenvalue weighted by molar-refractivity contribution is -0.0759. The summed E-state index contributed by atoms with van der Waals surface area (Å²) in [5, 5.41) is 4.97. The van der Waals surface area contributed by atoms with Crippen LogP contribution in [0.5, 0.6) is 5.75 Å². The maximum Gasteiger partial charge on any atom is 0.138 e. The van der Waals surface area contributed by atoms with Crippen LogP contribution in [0.4, 0.5) is 0 Å². The Morgan fingerprint density at radius 3 is 2.71 bits per heavy atom. The van der Waals surface area contributed by atoms with Gasteiger partial charge in [-0.15, -0.1) is 0 Å². The predicted octanol–water partition coefficient (Wildman–Crippen LogP) is 5.07. The van der Waals surface area contributed by atoms with Crippen molar-refractivity contribution in [2.75, 3.05) is 6.54 Å². The second-order valence-corrected chi connectivity index (χ2v) is 7.21. The molecule has 0 heterocycles. The molecular weight excluding hydrogens is 305 g/mol. The molecule has 2 fully saturated rings. The molecule has 2 atom stereocenters. The van der Waals surface area contributed by atoms with E-state index >= 15 is 0 Å². The lowest BCUT2D eigenvalue weighted by Crippen LogP contribution is -2.63. The zero-order chi connectivity index (χ0) is 14.9. The Kier molecular flexibility index (Phi) is 4.68. The highest BCUT2D eigenvalue weighted by Crippen LogP contribution is 2.55. The Morgan fingerprint density at radius 2 is 2.05 bits per heavy atom. The summed E-state index contributed by atoms with van der Waals surface area (Å²) in [5.41, 5.74) is 0.318. The Labute approximate surface area is 137 Å². The second kappa shape index (κ2) is 6.36. The summed E-state index contributed by atoms with van der Waals surface area (Å²) >= 11 is 12.2. The van der Waals surface area contributed by atoms with Gasteiger partial charge in [-0.25, -0.2) is 0 Å². The first-order valence-corrected chi connectivity index (χ1v) is 8.76. The monoisotopic (exact) mass is 327 g/mol. The van der Waals surface area contributed by atoms with Gasteiger partial charge >= 0.3 is 0 Å². The fourth-order valence-electron chi connectivity index (χ4n) is 3.95. The number of halogens is 2. The molecule has 2 unspecified atom stereocenters. The van der Waals surface area contributed by atoms with Crippen LogP contribution in [0.15, 0.2) is 18.2 Å². The molecule has 0 aromatic heterocycles. The molecule has 0 amide bonds. The number of rotatable bonds is 5. The molecule has 2 nitrogen and oxygen atoms in total. The Morgan fingerprint density at radius 1 is 1.29 bits per heavy atom. The van der Waals surface area contributed by atoms with Gasteiger partial charge in [0.2, 0.25) is 0 Å². The zero-order valence-electron chi connectivity index (χ0n) is 12.5. The van der Waals surface area contributed by atoms with Gasteiger partial charge in [0, 0.05) is 22.9 Å². The van der Waals surface area contributed by atoms with E-state index in [0.29, 0.717) is 21.5 Å². The molecule has 1 aromatic rings. The first-order valence-electron chi connectivity index (χ1n) is 8.01. The van der Waals surface area contributed by atoms with Crippen LogP contribution in [0, 0.1) is 5.41 Å². The first-order chi connectivity index (χ1) is 10.2. The molecule has 2 aliphatic rings. The topological polar surface area (TPSA) is 21.3 Å². The van der Waals surface area contributed by atoms with E-state index in [1.54, 1.807) is 6.07 Å². The molecule has 2 saturated carbocycles. The van der Waals surface area contributed by atoms with Gasteiger partial charge in [0.15, 0.2) is 0 Å². The fourth-order valence-corrected chi connectivity index (χ4v) is 4.40. The van der Waals surface area contributed by atoms with Crippen molar-refractivity contribution < 1.29 is 4.74 Å². The number of nitrogens with one attached hydrogen (secondary N) is 1. The molecule has 1 spiro atoms. The largest absolute Gasteiger partial charge is 0.488 e. The van der Waals surface area contributed by atoms with Crippen molar-refractivity contribution in [2.45, 2.75) is 57.6 Å². The summed E-state index contributed by atoms with van der Waals surface area (Å²) in [6.07, 6.45) is 7.72. The second-order valence-electron chi connectivity index (χ2n) is 6.36. The van der Waals surface area contributed by atoms with E-state index < -0.39 is 0 Å². The number of hydrogen-bond donors (Lipinski definition) is 1. The first kappa shape index (κ1) is 15.5. The molecule has 0 saturated heterocycles. The van der Waals surface area contributed by atoms with E-state index in [9.17, 15) is 0 Å². The van der Waals surface area contributed by atoms with Crippen LogP contribution in [0.25, 0.3) is 0 Å². The normalized spacial score (nSPS) is 26.8. The van der Waals surface area contributed by atoms with Gasteiger partial charge in [-0.3, -0.25) is 0 Å². The molecule has 3 rings (SSSR count). The third-order valence-electron chi connectivity index (χ3n) is 5.12. The average molecular weight is 328 g/mol. The van der Waals surface area contributed by atoms with Gasteiger partial charge in [0.1, 0.15) is 11.9 Å². The van der Waals surface area contributed by atoms with Crippen molar-refractivity contribution in [3.05, 3.63) is 28.2 Å². The van der Waals surface area contributed by atoms with Gasteiger partial charge in [0.05, 0.1) is 5.02 Å². The minimum absolute atomic E-state index is 0.285. The molecular formula is C17H23Cl2NO. The summed E-state index contributed by atoms with van der Waals surface area (Å²) in [6.45, 7) is 3.31. The van der Waals surface area contributed by atoms with Crippen molar-refractivity contribution >= 4 is 23.2 Å². The van der Waals surface area contributed by atoms with Crippen molar-refractivity contribution in [3.8, 4) is 5.75 Å². The molecule has 2 aliphatic carbocycles. The maximum absolute atomic E-state index is 6.25. The lowest BCUT2D eigenvalue weighted by Gasteiger charge is -2.54. The van der Waals surface area contributed by atoms with Crippen LogP contribution < -0.4 is 10.1 Å². The molecule has 4 heteroatoms. The van der Waals surface area contributed by atoms with Crippen LogP contribution in [-0.4, -0.2) is 18.7 Å². The zero-order valence-corrected chi connectivity index (χ0v) is 14.0. The van der Waals surface area contributed by atoms with Crippen molar-refractivity contribution in [3.63, 3.8) is 0 Å². The third-order valence-corrected chi connectivity index (χ3v) is 5.65. The SMILES string of the molecule is CCCNC1CC(Oc2ccc(Cl)cc2Cl)C12CCCC2. The van der Waals surface area contributed by atoms with E-state index in [4.69, 9.17) is 27.9 Å². The van der Waals surface area contributed by atoms with Crippen LogP contribution >= 0.6 is 23.2 Å². The highest BCUT2D eigenvalue weighted by molar-refractivity contribution is 6.35. The number of benzene rings is 1. The summed E-state index contributed by atoms with van der Waals surface area (Å²) in [4.78, 5) is 0. The van der Waals surface area contributed by atoms with Crippen molar-refractivity contribution in [2.24, 2.45) is 5.41 Å². The quantitative estimate of drug-likeness (QED) is 0.814. The van der Waals surface area contributed by atoms with Gasteiger partial charge in [-0.05, 0) is 44.0 Å². The summed E-state index contributed by atoms with van der Waals surface area (Å²) in [6, 6.07) is 6.09. The van der Waals surface area contributed by atoms with E-state index in [2.05, 4.69) is 12.2 Å². The van der Waals surface area contributed by atoms with E-state index in [1.807, 2.05) is 12.1 Å². The van der Waals surface area contributed by atoms with Gasteiger partial charge < -0.3 is 10.1 Å². The summed E-state index contributed by atoms with van der Waals surface area (Å²) < 4.78 is 6.25. The summed E-state index contributed by atoms with van der Waals surface area (Å²) in [5.74, 6) is 0.770. The number of hydrogen-bond acceptors (Lipinski definition) is 2. The third kappa shape index (κ3) is 2.91. The minimum atomic E-state index is 0.285. The Bertz CT molecular complexity index is 500. The van der Waals surface area contributed by atoms with E-state index in [-0.39, 0.29) is 6.10 Å². The van der Waals surface area contributed by atoms with Crippen LogP contribution in [-0.2, 0) is 0 Å². The van der Waals surface area contributed by atoms with Gasteiger partial charge in [-0.2, -0.15) is 0 Å². The fraction of sp³-hybridized carbons (Fsp3) is 0.647. The van der Waals surface area contributed by atoms with Crippen molar-refractivity contribution in [1.82, 2.24) is 5.32 Å². The predicted molar refractivity (Wildman–Crippen MR) is 88.5 cm³/mol. The highest BCUT2D eigenvalue weighted by Gasteiger charge is 2.57. The molecule has 1 aromatic carbocycles. The standard InChI is InChI=1S/C17H23Cl2NO/c1-2-9-20-15-11-16(17(15)7-3-4-8-17)21-14-6-5-12(18)10-13(14)19/h5-6,10,15-16,20H,2-4,7-9,11H2,1H3. The minimum Gasteiger partial charge on any atom is -0.488 e. The average Bonchev–Trinajstić information content (AvgIpc) is 2.96. The molecule has 0 aliphatic heterocycles. The van der Waals surface area contributed by atoms with Crippen LogP contribution in [0.2, 0.25) is 10.0 Å². The molecule has 21 heavy (non-hydrogen) atoms. The van der Waals surface area contributed by atoms with Gasteiger partial charge in [-0.1, -0.05) is 43.0 Å². The van der Waals surface area contributed by atoms with Gasteiger partial charge in [0.25, 0.3) is 0 Å². The van der Waals surface area contributed by atoms with E-state index in [1.165, 1.54) is 32.1 Å². The number of ether oxygens (including phenoxy) is 1. The molecule has 116 valence electrons. The molecule has 0 radical (unpaired) electrons. The maximum atomic E-state index is 6.25. The van der Waals surface area contributed by atoms with Crippen LogP contribution in [0.3, 0.4) is 0 Å². The highest BCUT2D eigenvalue weighted by atomic mass is 35.5. The lowest BCUT2D eigenvalue weighted by atomic mass is 9.60. The smallest absolute Gasteiger partial charge is 0.138 e. The Hall–Kier alpha value is -0.440. The summed E-state index contributed by atoms with van der Waals surface area (Å²) in [7, 11) is 0. The molecule has 0 bridgehead atoms. The van der Waals surface area contributed by atoms with Crippen molar-refractivity contribution in [1.29, 1.82) is 0 Å².